The van der Waals surface area contributed by atoms with Gasteiger partial charge in [-0.1, -0.05) is 0 Å². The predicted molar refractivity (Wildman–Crippen MR) is 75.9 cm³/mol. The molecule has 0 spiro atoms. The van der Waals surface area contributed by atoms with E-state index >= 15 is 0 Å². The van der Waals surface area contributed by atoms with E-state index in [1.807, 2.05) is 12.1 Å². The summed E-state index contributed by atoms with van der Waals surface area (Å²) in [5.41, 5.74) is 6.58. The van der Waals surface area contributed by atoms with Crippen LogP contribution in [0.15, 0.2) is 18.3 Å². The molecule has 0 aromatic carbocycles. The van der Waals surface area contributed by atoms with Crippen molar-refractivity contribution in [2.45, 2.75) is 0 Å². The largest absolute Gasteiger partial charge is 0.399 e. The van der Waals surface area contributed by atoms with E-state index in [-0.39, 0.29) is 0 Å². The first-order valence-corrected chi connectivity index (χ1v) is 6.49. The average Bonchev–Trinajstić information content (AvgIpc) is 2.37. The maximum atomic E-state index is 5.79. The van der Waals surface area contributed by atoms with Gasteiger partial charge in [0.05, 0.1) is 0 Å². The van der Waals surface area contributed by atoms with Crippen LogP contribution < -0.4 is 10.6 Å². The van der Waals surface area contributed by atoms with Crippen LogP contribution >= 0.6 is 0 Å². The lowest BCUT2D eigenvalue weighted by Crippen LogP contribution is -2.48. The molecular weight excluding hydrogens is 226 g/mol. The Bertz CT molecular complexity index is 371. The van der Waals surface area contributed by atoms with Crippen LogP contribution in [0.5, 0.6) is 0 Å². The summed E-state index contributed by atoms with van der Waals surface area (Å²) in [6.45, 7) is 6.53. The number of hydrogen-bond donors (Lipinski definition) is 1. The van der Waals surface area contributed by atoms with Gasteiger partial charge in [0.1, 0.15) is 5.82 Å². The summed E-state index contributed by atoms with van der Waals surface area (Å²) in [5.74, 6) is 1.00. The second-order valence-corrected chi connectivity index (χ2v) is 5.08. The van der Waals surface area contributed by atoms with E-state index in [0.29, 0.717) is 0 Å². The van der Waals surface area contributed by atoms with Gasteiger partial charge in [-0.15, -0.1) is 0 Å². The van der Waals surface area contributed by atoms with Crippen LogP contribution in [-0.2, 0) is 0 Å². The highest BCUT2D eigenvalue weighted by Crippen LogP contribution is 2.15. The molecule has 5 nitrogen and oxygen atoms in total. The van der Waals surface area contributed by atoms with E-state index in [1.54, 1.807) is 6.20 Å². The van der Waals surface area contributed by atoms with Gasteiger partial charge in [0, 0.05) is 57.2 Å². The van der Waals surface area contributed by atoms with E-state index in [1.165, 1.54) is 0 Å². The molecule has 0 aliphatic carbocycles. The lowest BCUT2D eigenvalue weighted by molar-refractivity contribution is 0.229. The summed E-state index contributed by atoms with van der Waals surface area (Å²) in [6, 6.07) is 3.78. The lowest BCUT2D eigenvalue weighted by atomic mass is 10.3. The number of nitrogen functional groups attached to an aromatic ring is 1. The van der Waals surface area contributed by atoms with Gasteiger partial charge in [0.25, 0.3) is 0 Å². The van der Waals surface area contributed by atoms with Crippen LogP contribution in [0, 0.1) is 0 Å². The number of rotatable bonds is 4. The first-order valence-electron chi connectivity index (χ1n) is 6.49. The summed E-state index contributed by atoms with van der Waals surface area (Å²) in [7, 11) is 4.24. The second kappa shape index (κ2) is 6.02. The van der Waals surface area contributed by atoms with Gasteiger partial charge in [-0.05, 0) is 20.2 Å². The smallest absolute Gasteiger partial charge is 0.130 e. The van der Waals surface area contributed by atoms with Crippen molar-refractivity contribution in [1.29, 1.82) is 0 Å². The van der Waals surface area contributed by atoms with Crippen LogP contribution in [0.3, 0.4) is 0 Å². The molecule has 0 amide bonds. The summed E-state index contributed by atoms with van der Waals surface area (Å²) in [5, 5.41) is 0. The molecule has 2 rings (SSSR count). The molecule has 0 bridgehead atoms. The maximum absolute atomic E-state index is 5.79. The summed E-state index contributed by atoms with van der Waals surface area (Å²) < 4.78 is 0. The van der Waals surface area contributed by atoms with Crippen LogP contribution in [0.1, 0.15) is 0 Å². The molecule has 2 N–H and O–H groups in total. The Hall–Kier alpha value is -1.33. The Balaban J connectivity index is 1.83. The standard InChI is InChI=1S/C13H23N5/c1-16(2)5-6-17-7-9-18(10-8-17)13-11-12(14)3-4-15-13/h3-4,11H,5-10H2,1-2H3,(H2,14,15). The fraction of sp³-hybridized carbons (Fsp3) is 0.615. The Morgan fingerprint density at radius 2 is 2.00 bits per heavy atom. The van der Waals surface area contributed by atoms with Crippen molar-refractivity contribution in [1.82, 2.24) is 14.8 Å². The molecular formula is C13H23N5. The van der Waals surface area contributed by atoms with E-state index < -0.39 is 0 Å². The highest BCUT2D eigenvalue weighted by Gasteiger charge is 2.17. The van der Waals surface area contributed by atoms with Gasteiger partial charge in [0.2, 0.25) is 0 Å². The minimum atomic E-state index is 0.787. The first-order chi connectivity index (χ1) is 8.65. The van der Waals surface area contributed by atoms with Gasteiger partial charge < -0.3 is 15.5 Å². The Kier molecular flexibility index (Phi) is 4.38. The van der Waals surface area contributed by atoms with E-state index in [9.17, 15) is 0 Å². The predicted octanol–water partition coefficient (Wildman–Crippen LogP) is 0.347. The molecule has 5 heteroatoms. The van der Waals surface area contributed by atoms with E-state index in [4.69, 9.17) is 5.73 Å². The number of piperazine rings is 1. The number of likely N-dealkylation sites (N-methyl/N-ethyl adjacent to an activating group) is 1. The van der Waals surface area contributed by atoms with Crippen molar-refractivity contribution >= 4 is 11.5 Å². The normalized spacial score (nSPS) is 17.4. The van der Waals surface area contributed by atoms with Crippen molar-refractivity contribution in [3.8, 4) is 0 Å². The second-order valence-electron chi connectivity index (χ2n) is 5.08. The number of anilines is 2. The Labute approximate surface area is 109 Å². The average molecular weight is 249 g/mol. The number of hydrogen-bond acceptors (Lipinski definition) is 5. The molecule has 100 valence electrons. The quantitative estimate of drug-likeness (QED) is 0.834. The third-order valence-electron chi connectivity index (χ3n) is 3.33. The van der Waals surface area contributed by atoms with Crippen molar-refractivity contribution < 1.29 is 0 Å². The third kappa shape index (κ3) is 3.58. The Morgan fingerprint density at radius 1 is 1.28 bits per heavy atom. The summed E-state index contributed by atoms with van der Waals surface area (Å²) in [4.78, 5) is 11.4. The molecule has 18 heavy (non-hydrogen) atoms. The van der Waals surface area contributed by atoms with Crippen LogP contribution in [0.25, 0.3) is 0 Å². The number of pyridine rings is 1. The highest BCUT2D eigenvalue weighted by atomic mass is 15.3. The zero-order valence-corrected chi connectivity index (χ0v) is 11.3. The molecule has 0 saturated carbocycles. The van der Waals surface area contributed by atoms with Crippen molar-refractivity contribution in [3.63, 3.8) is 0 Å². The fourth-order valence-corrected chi connectivity index (χ4v) is 2.15. The van der Waals surface area contributed by atoms with E-state index in [0.717, 1.165) is 50.8 Å². The molecule has 0 radical (unpaired) electrons. The van der Waals surface area contributed by atoms with Gasteiger partial charge >= 0.3 is 0 Å². The van der Waals surface area contributed by atoms with Crippen molar-refractivity contribution in [2.24, 2.45) is 0 Å². The van der Waals surface area contributed by atoms with Gasteiger partial charge in [-0.3, -0.25) is 4.90 Å². The van der Waals surface area contributed by atoms with Gasteiger partial charge in [0.15, 0.2) is 0 Å². The molecule has 1 aromatic heterocycles. The molecule has 1 aliphatic heterocycles. The topological polar surface area (TPSA) is 48.6 Å². The minimum absolute atomic E-state index is 0.787. The van der Waals surface area contributed by atoms with Crippen LogP contribution in [0.4, 0.5) is 11.5 Å². The first kappa shape index (κ1) is 13.1. The van der Waals surface area contributed by atoms with E-state index in [2.05, 4.69) is 33.8 Å². The third-order valence-corrected chi connectivity index (χ3v) is 3.33. The molecule has 1 fully saturated rings. The number of aromatic nitrogens is 1. The maximum Gasteiger partial charge on any atom is 0.130 e. The fourth-order valence-electron chi connectivity index (χ4n) is 2.15. The molecule has 1 saturated heterocycles. The summed E-state index contributed by atoms with van der Waals surface area (Å²) in [6.07, 6.45) is 1.78. The van der Waals surface area contributed by atoms with Crippen LogP contribution in [0.2, 0.25) is 0 Å². The number of nitrogens with two attached hydrogens (primary N) is 1. The van der Waals surface area contributed by atoms with Crippen LogP contribution in [-0.4, -0.2) is 68.1 Å². The zero-order chi connectivity index (χ0) is 13.0. The monoisotopic (exact) mass is 249 g/mol. The van der Waals surface area contributed by atoms with Crippen molar-refractivity contribution in [2.75, 3.05) is 64.0 Å². The zero-order valence-electron chi connectivity index (χ0n) is 11.3. The van der Waals surface area contributed by atoms with Gasteiger partial charge in [-0.25, -0.2) is 4.98 Å². The molecule has 2 heterocycles. The molecule has 1 aliphatic rings. The molecule has 1 aromatic rings. The Morgan fingerprint density at radius 3 is 2.61 bits per heavy atom. The van der Waals surface area contributed by atoms with Gasteiger partial charge in [-0.2, -0.15) is 0 Å². The minimum Gasteiger partial charge on any atom is -0.399 e. The summed E-state index contributed by atoms with van der Waals surface area (Å²) >= 11 is 0. The molecule has 0 unspecified atom stereocenters. The molecule has 0 atom stereocenters. The van der Waals surface area contributed by atoms with Crippen molar-refractivity contribution in [3.05, 3.63) is 18.3 Å². The number of nitrogens with zero attached hydrogens (tertiary/aromatic N) is 4. The highest BCUT2D eigenvalue weighted by molar-refractivity contribution is 5.50. The lowest BCUT2D eigenvalue weighted by Gasteiger charge is -2.35. The SMILES string of the molecule is CN(C)CCN1CCN(c2cc(N)ccn2)CC1.